The predicted octanol–water partition coefficient (Wildman–Crippen LogP) is 5.65. The second-order valence-corrected chi connectivity index (χ2v) is 8.22. The summed E-state index contributed by atoms with van der Waals surface area (Å²) in [7, 11) is 0. The van der Waals surface area contributed by atoms with Gasteiger partial charge in [-0.05, 0) is 41.6 Å². The number of nitrogens with zero attached hydrogens (tertiary/aromatic N) is 3. The van der Waals surface area contributed by atoms with E-state index in [1.54, 1.807) is 24.3 Å². The molecule has 3 aromatic rings. The van der Waals surface area contributed by atoms with Crippen LogP contribution in [0.1, 0.15) is 11.3 Å². The van der Waals surface area contributed by atoms with Gasteiger partial charge >= 0.3 is 0 Å². The van der Waals surface area contributed by atoms with E-state index in [0.29, 0.717) is 16.9 Å². The molecular weight excluding hydrogens is 474 g/mol. The summed E-state index contributed by atoms with van der Waals surface area (Å²) in [6, 6.07) is 13.0. The third-order valence-corrected chi connectivity index (χ3v) is 5.89. The Kier molecular flexibility index (Phi) is 5.99. The van der Waals surface area contributed by atoms with Crippen LogP contribution in [0.5, 0.6) is 0 Å². The number of non-ortho nitro benzene ring substituents is 1. The van der Waals surface area contributed by atoms with Crippen LogP contribution in [0.25, 0.3) is 17.4 Å². The molecule has 0 bridgehead atoms. The average Bonchev–Trinajstić information content (AvgIpc) is 3.34. The molecule has 1 saturated heterocycles. The molecule has 0 saturated carbocycles. The minimum absolute atomic E-state index is 0.00653. The number of hydrogen-bond donors (Lipinski definition) is 0. The zero-order valence-electron chi connectivity index (χ0n) is 16.5. The largest absolute Gasteiger partial charge is 0.457 e. The minimum Gasteiger partial charge on any atom is -0.457 e. The summed E-state index contributed by atoms with van der Waals surface area (Å²) in [5.41, 5.74) is 0.455. The summed E-state index contributed by atoms with van der Waals surface area (Å²) in [5.74, 6) is 0.0249. The Morgan fingerprint density at radius 2 is 1.82 bits per heavy atom. The van der Waals surface area contributed by atoms with Gasteiger partial charge < -0.3 is 4.42 Å². The molecular formula is C21H12ClN3O7S. The lowest BCUT2D eigenvalue weighted by molar-refractivity contribution is -0.385. The summed E-state index contributed by atoms with van der Waals surface area (Å²) in [4.78, 5) is 47.1. The summed E-state index contributed by atoms with van der Waals surface area (Å²) in [6.07, 6.45) is 1.40. The van der Waals surface area contributed by atoms with Crippen LogP contribution in [0.4, 0.5) is 16.2 Å². The molecule has 12 heteroatoms. The molecule has 2 aromatic carbocycles. The normalized spacial score (nSPS) is 14.8. The van der Waals surface area contributed by atoms with Crippen molar-refractivity contribution in [2.75, 3.05) is 0 Å². The maximum Gasteiger partial charge on any atom is 0.293 e. The van der Waals surface area contributed by atoms with E-state index in [4.69, 9.17) is 16.0 Å². The van der Waals surface area contributed by atoms with Crippen molar-refractivity contribution in [3.05, 3.63) is 96.1 Å². The first-order valence-corrected chi connectivity index (χ1v) is 10.5. The van der Waals surface area contributed by atoms with E-state index in [9.17, 15) is 29.8 Å². The van der Waals surface area contributed by atoms with Crippen LogP contribution in [-0.4, -0.2) is 25.9 Å². The number of hydrogen-bond acceptors (Lipinski definition) is 8. The van der Waals surface area contributed by atoms with Crippen molar-refractivity contribution >= 4 is 52.0 Å². The fraction of sp³-hybridized carbons (Fsp3) is 0.0476. The van der Waals surface area contributed by atoms with E-state index in [0.717, 1.165) is 16.7 Å². The van der Waals surface area contributed by atoms with Gasteiger partial charge in [0.05, 0.1) is 21.3 Å². The van der Waals surface area contributed by atoms with E-state index >= 15 is 0 Å². The van der Waals surface area contributed by atoms with Gasteiger partial charge in [-0.3, -0.25) is 34.7 Å². The zero-order chi connectivity index (χ0) is 23.7. The van der Waals surface area contributed by atoms with Crippen LogP contribution < -0.4 is 0 Å². The topological polar surface area (TPSA) is 137 Å². The highest BCUT2D eigenvalue weighted by Gasteiger charge is 2.35. The fourth-order valence-electron chi connectivity index (χ4n) is 3.11. The lowest BCUT2D eigenvalue weighted by atomic mass is 10.1. The number of carbonyl (C=O) groups is 2. The lowest BCUT2D eigenvalue weighted by Crippen LogP contribution is -2.27. The first-order chi connectivity index (χ1) is 15.7. The molecule has 10 nitrogen and oxygen atoms in total. The molecule has 1 aliphatic heterocycles. The summed E-state index contributed by atoms with van der Waals surface area (Å²) in [5, 5.41) is 21.5. The van der Waals surface area contributed by atoms with Crippen LogP contribution in [0.3, 0.4) is 0 Å². The summed E-state index contributed by atoms with van der Waals surface area (Å²) < 4.78 is 5.67. The van der Waals surface area contributed by atoms with Crippen molar-refractivity contribution < 1.29 is 23.9 Å². The van der Waals surface area contributed by atoms with E-state index in [-0.39, 0.29) is 33.6 Å². The number of rotatable bonds is 6. The molecule has 0 atom stereocenters. The number of benzene rings is 2. The number of thioether (sulfide) groups is 1. The molecule has 4 rings (SSSR count). The smallest absolute Gasteiger partial charge is 0.293 e. The lowest BCUT2D eigenvalue weighted by Gasteiger charge is -2.12. The van der Waals surface area contributed by atoms with Gasteiger partial charge in [-0.25, -0.2) is 0 Å². The van der Waals surface area contributed by atoms with Crippen molar-refractivity contribution in [1.29, 1.82) is 0 Å². The van der Waals surface area contributed by atoms with Crippen LogP contribution >= 0.6 is 23.4 Å². The van der Waals surface area contributed by atoms with Crippen LogP contribution in [0, 0.1) is 20.2 Å². The van der Waals surface area contributed by atoms with Crippen LogP contribution in [0.15, 0.2) is 63.9 Å². The van der Waals surface area contributed by atoms with Crippen LogP contribution in [-0.2, 0) is 11.3 Å². The van der Waals surface area contributed by atoms with Crippen molar-refractivity contribution in [2.45, 2.75) is 6.54 Å². The Balaban J connectivity index is 1.54. The first kappa shape index (κ1) is 22.2. The van der Waals surface area contributed by atoms with E-state index in [2.05, 4.69) is 0 Å². The van der Waals surface area contributed by atoms with Gasteiger partial charge in [0, 0.05) is 29.8 Å². The van der Waals surface area contributed by atoms with Gasteiger partial charge in [-0.1, -0.05) is 23.7 Å². The molecule has 2 amide bonds. The van der Waals surface area contributed by atoms with Crippen molar-refractivity contribution in [3.8, 4) is 11.3 Å². The number of carbonyl (C=O) groups excluding carboxylic acids is 2. The molecule has 2 heterocycles. The highest BCUT2D eigenvalue weighted by Crippen LogP contribution is 2.35. The van der Waals surface area contributed by atoms with Gasteiger partial charge in [0.2, 0.25) is 0 Å². The number of halogens is 1. The highest BCUT2D eigenvalue weighted by atomic mass is 35.5. The van der Waals surface area contributed by atoms with E-state index in [1.165, 1.54) is 36.4 Å². The predicted molar refractivity (Wildman–Crippen MR) is 120 cm³/mol. The molecule has 0 unspecified atom stereocenters. The van der Waals surface area contributed by atoms with Gasteiger partial charge in [-0.15, -0.1) is 0 Å². The third-order valence-electron chi connectivity index (χ3n) is 4.66. The van der Waals surface area contributed by atoms with E-state index < -0.39 is 21.0 Å². The molecule has 33 heavy (non-hydrogen) atoms. The number of furan rings is 1. The standard InChI is InChI=1S/C21H12ClN3O7S/c22-16-6-4-13(9-17(16)25(30)31)18-7-5-15(32-18)10-19-20(26)23(21(27)33-19)11-12-2-1-3-14(8-12)24(28)29/h1-10H,11H2/b19-10-. The Morgan fingerprint density at radius 1 is 1.03 bits per heavy atom. The second kappa shape index (κ2) is 8.88. The monoisotopic (exact) mass is 485 g/mol. The second-order valence-electron chi connectivity index (χ2n) is 6.82. The van der Waals surface area contributed by atoms with Crippen LogP contribution in [0.2, 0.25) is 5.02 Å². The molecule has 166 valence electrons. The first-order valence-electron chi connectivity index (χ1n) is 9.26. The van der Waals surface area contributed by atoms with Gasteiger partial charge in [0.15, 0.2) is 0 Å². The van der Waals surface area contributed by atoms with Crippen molar-refractivity contribution in [2.24, 2.45) is 0 Å². The number of nitro benzene ring substituents is 2. The molecule has 1 aromatic heterocycles. The minimum atomic E-state index is -0.604. The van der Waals surface area contributed by atoms with Crippen molar-refractivity contribution in [3.63, 3.8) is 0 Å². The van der Waals surface area contributed by atoms with E-state index in [1.807, 2.05) is 0 Å². The number of nitro groups is 2. The number of amides is 2. The Bertz CT molecular complexity index is 1350. The molecule has 0 N–H and O–H groups in total. The average molecular weight is 486 g/mol. The molecule has 0 spiro atoms. The molecule has 0 radical (unpaired) electrons. The molecule has 1 fully saturated rings. The maximum atomic E-state index is 12.7. The SMILES string of the molecule is O=C1S/C(=C\c2ccc(-c3ccc(Cl)c([N+](=O)[O-])c3)o2)C(=O)N1Cc1cccc([N+](=O)[O-])c1. The van der Waals surface area contributed by atoms with Gasteiger partial charge in [-0.2, -0.15) is 0 Å². The summed E-state index contributed by atoms with van der Waals surface area (Å²) in [6.45, 7) is -0.110. The maximum absolute atomic E-state index is 12.7. The summed E-state index contributed by atoms with van der Waals surface area (Å²) >= 11 is 6.55. The Labute approximate surface area is 194 Å². The number of imide groups is 1. The van der Waals surface area contributed by atoms with Crippen molar-refractivity contribution in [1.82, 2.24) is 4.90 Å². The fourth-order valence-corrected chi connectivity index (χ4v) is 4.11. The zero-order valence-corrected chi connectivity index (χ0v) is 18.0. The quantitative estimate of drug-likeness (QED) is 0.248. The van der Waals surface area contributed by atoms with Gasteiger partial charge in [0.1, 0.15) is 16.5 Å². The third kappa shape index (κ3) is 4.64. The molecule has 0 aliphatic carbocycles. The Hall–Kier alpha value is -3.96. The van der Waals surface area contributed by atoms with Gasteiger partial charge in [0.25, 0.3) is 22.5 Å². The molecule has 1 aliphatic rings. The highest BCUT2D eigenvalue weighted by molar-refractivity contribution is 8.18. The Morgan fingerprint density at radius 3 is 2.55 bits per heavy atom.